The molecule has 0 atom stereocenters. The number of nitrogens with zero attached hydrogens (tertiary/aromatic N) is 1. The van der Waals surface area contributed by atoms with Crippen LogP contribution in [-0.4, -0.2) is 47.8 Å². The second-order valence-electron chi connectivity index (χ2n) is 4.95. The number of aliphatic carboxylic acids is 1. The van der Waals surface area contributed by atoms with E-state index in [1.54, 1.807) is 0 Å². The molecule has 2 rings (SSSR count). The number of carboxylic acid groups (broad SMARTS) is 1. The van der Waals surface area contributed by atoms with E-state index in [0.717, 1.165) is 39.1 Å². The molecule has 0 unspecified atom stereocenters. The molecule has 2 fully saturated rings. The normalized spacial score (nSPS) is 26.5. The summed E-state index contributed by atoms with van der Waals surface area (Å²) < 4.78 is 5.35. The van der Waals surface area contributed by atoms with E-state index < -0.39 is 5.97 Å². The molecule has 1 aliphatic heterocycles. The Bertz CT molecular complexity index is 243. The Labute approximate surface area is 96.6 Å². The first-order chi connectivity index (χ1) is 7.73. The Morgan fingerprint density at radius 3 is 2.38 bits per heavy atom. The fourth-order valence-corrected chi connectivity index (χ4v) is 3.13. The van der Waals surface area contributed by atoms with E-state index in [0.29, 0.717) is 6.42 Å². The molecule has 92 valence electrons. The first-order valence-electron chi connectivity index (χ1n) is 6.28. The van der Waals surface area contributed by atoms with Crippen LogP contribution in [0.5, 0.6) is 0 Å². The lowest BCUT2D eigenvalue weighted by molar-refractivity contribution is -0.142. The lowest BCUT2D eigenvalue weighted by atomic mass is 9.77. The van der Waals surface area contributed by atoms with Crippen molar-refractivity contribution >= 4 is 5.97 Å². The molecule has 0 radical (unpaired) electrons. The number of hydrogen-bond donors (Lipinski definition) is 1. The molecule has 0 amide bonds. The molecule has 16 heavy (non-hydrogen) atoms. The lowest BCUT2D eigenvalue weighted by Crippen LogP contribution is -2.55. The van der Waals surface area contributed by atoms with Crippen molar-refractivity contribution in [1.29, 1.82) is 0 Å². The minimum atomic E-state index is -0.659. The Kier molecular flexibility index (Phi) is 3.82. The molecule has 2 aliphatic rings. The van der Waals surface area contributed by atoms with E-state index in [1.165, 1.54) is 19.3 Å². The van der Waals surface area contributed by atoms with Gasteiger partial charge < -0.3 is 9.84 Å². The van der Waals surface area contributed by atoms with E-state index >= 15 is 0 Å². The monoisotopic (exact) mass is 227 g/mol. The maximum atomic E-state index is 11.1. The second kappa shape index (κ2) is 5.15. The lowest BCUT2D eigenvalue weighted by Gasteiger charge is -2.47. The maximum Gasteiger partial charge on any atom is 0.305 e. The van der Waals surface area contributed by atoms with Crippen LogP contribution in [0.3, 0.4) is 0 Å². The SMILES string of the molecule is O=C(O)CC1(N2CCOCC2)CCCCC1. The zero-order valence-corrected chi connectivity index (χ0v) is 9.78. The summed E-state index contributed by atoms with van der Waals surface area (Å²) in [6, 6.07) is 0. The van der Waals surface area contributed by atoms with Crippen molar-refractivity contribution in [2.45, 2.75) is 44.1 Å². The molecule has 0 aromatic heterocycles. The minimum absolute atomic E-state index is 0.0755. The van der Waals surface area contributed by atoms with Gasteiger partial charge in [-0.3, -0.25) is 9.69 Å². The highest BCUT2D eigenvalue weighted by Crippen LogP contribution is 2.36. The van der Waals surface area contributed by atoms with Crippen LogP contribution < -0.4 is 0 Å². The van der Waals surface area contributed by atoms with Gasteiger partial charge in [0.15, 0.2) is 0 Å². The van der Waals surface area contributed by atoms with E-state index in [-0.39, 0.29) is 5.54 Å². The number of hydrogen-bond acceptors (Lipinski definition) is 3. The van der Waals surface area contributed by atoms with Crippen molar-refractivity contribution < 1.29 is 14.6 Å². The highest BCUT2D eigenvalue weighted by atomic mass is 16.5. The molecule has 4 heteroatoms. The minimum Gasteiger partial charge on any atom is -0.481 e. The molecule has 1 heterocycles. The quantitative estimate of drug-likeness (QED) is 0.793. The van der Waals surface area contributed by atoms with Crippen LogP contribution in [0.25, 0.3) is 0 Å². The molecule has 0 aromatic carbocycles. The molecule has 1 saturated carbocycles. The number of rotatable bonds is 3. The van der Waals surface area contributed by atoms with Crippen LogP contribution >= 0.6 is 0 Å². The number of carboxylic acids is 1. The third kappa shape index (κ3) is 2.55. The molecule has 1 N–H and O–H groups in total. The third-order valence-corrected chi connectivity index (χ3v) is 3.95. The molecule has 0 aromatic rings. The standard InChI is InChI=1S/C12H21NO3/c14-11(15)10-12(4-2-1-3-5-12)13-6-8-16-9-7-13/h1-10H2,(H,14,15). The van der Waals surface area contributed by atoms with Gasteiger partial charge in [-0.15, -0.1) is 0 Å². The summed E-state index contributed by atoms with van der Waals surface area (Å²) in [4.78, 5) is 13.4. The highest BCUT2D eigenvalue weighted by Gasteiger charge is 2.40. The van der Waals surface area contributed by atoms with Gasteiger partial charge in [-0.2, -0.15) is 0 Å². The molecular formula is C12H21NO3. The maximum absolute atomic E-state index is 11.1. The molecule has 0 spiro atoms. The Balaban J connectivity index is 2.07. The molecule has 1 aliphatic carbocycles. The number of ether oxygens (including phenoxy) is 1. The summed E-state index contributed by atoms with van der Waals surface area (Å²) in [5.74, 6) is -0.659. The zero-order valence-electron chi connectivity index (χ0n) is 9.78. The molecular weight excluding hydrogens is 206 g/mol. The first kappa shape index (κ1) is 11.9. The van der Waals surface area contributed by atoms with Crippen molar-refractivity contribution in [2.24, 2.45) is 0 Å². The van der Waals surface area contributed by atoms with Crippen LogP contribution in [0.4, 0.5) is 0 Å². The van der Waals surface area contributed by atoms with E-state index in [9.17, 15) is 4.79 Å². The Hall–Kier alpha value is -0.610. The van der Waals surface area contributed by atoms with E-state index in [2.05, 4.69) is 4.90 Å². The van der Waals surface area contributed by atoms with Gasteiger partial charge in [0.25, 0.3) is 0 Å². The van der Waals surface area contributed by atoms with Gasteiger partial charge in [-0.25, -0.2) is 0 Å². The summed E-state index contributed by atoms with van der Waals surface area (Å²) >= 11 is 0. The van der Waals surface area contributed by atoms with Gasteiger partial charge in [-0.1, -0.05) is 19.3 Å². The van der Waals surface area contributed by atoms with Crippen molar-refractivity contribution in [3.63, 3.8) is 0 Å². The summed E-state index contributed by atoms with van der Waals surface area (Å²) in [5.41, 5.74) is -0.0755. The summed E-state index contributed by atoms with van der Waals surface area (Å²) in [6.45, 7) is 3.29. The largest absolute Gasteiger partial charge is 0.481 e. The predicted octanol–water partition coefficient (Wildman–Crippen LogP) is 1.50. The van der Waals surface area contributed by atoms with Gasteiger partial charge in [0.1, 0.15) is 0 Å². The molecule has 4 nitrogen and oxygen atoms in total. The Morgan fingerprint density at radius 1 is 1.19 bits per heavy atom. The van der Waals surface area contributed by atoms with E-state index in [1.807, 2.05) is 0 Å². The van der Waals surface area contributed by atoms with Crippen LogP contribution in [0.15, 0.2) is 0 Å². The fraction of sp³-hybridized carbons (Fsp3) is 0.917. The molecule has 0 bridgehead atoms. The summed E-state index contributed by atoms with van der Waals surface area (Å²) in [5, 5.41) is 9.10. The first-order valence-corrected chi connectivity index (χ1v) is 6.28. The van der Waals surface area contributed by atoms with Crippen LogP contribution in [0.2, 0.25) is 0 Å². The topological polar surface area (TPSA) is 49.8 Å². The van der Waals surface area contributed by atoms with Gasteiger partial charge in [0, 0.05) is 18.6 Å². The average molecular weight is 227 g/mol. The van der Waals surface area contributed by atoms with Crippen molar-refractivity contribution in [2.75, 3.05) is 26.3 Å². The summed E-state index contributed by atoms with van der Waals surface area (Å²) in [7, 11) is 0. The molecule has 1 saturated heterocycles. The number of morpholine rings is 1. The smallest absolute Gasteiger partial charge is 0.305 e. The van der Waals surface area contributed by atoms with E-state index in [4.69, 9.17) is 9.84 Å². The van der Waals surface area contributed by atoms with Crippen molar-refractivity contribution in [1.82, 2.24) is 4.90 Å². The third-order valence-electron chi connectivity index (χ3n) is 3.95. The van der Waals surface area contributed by atoms with Gasteiger partial charge in [0.2, 0.25) is 0 Å². The second-order valence-corrected chi connectivity index (χ2v) is 4.95. The van der Waals surface area contributed by atoms with Crippen LogP contribution in [-0.2, 0) is 9.53 Å². The number of carbonyl (C=O) groups is 1. The fourth-order valence-electron chi connectivity index (χ4n) is 3.13. The van der Waals surface area contributed by atoms with Crippen molar-refractivity contribution in [3.05, 3.63) is 0 Å². The average Bonchev–Trinajstić information content (AvgIpc) is 2.30. The van der Waals surface area contributed by atoms with Gasteiger partial charge >= 0.3 is 5.97 Å². The van der Waals surface area contributed by atoms with Gasteiger partial charge in [0.05, 0.1) is 19.6 Å². The zero-order chi connectivity index (χ0) is 11.4. The van der Waals surface area contributed by atoms with Crippen LogP contribution in [0.1, 0.15) is 38.5 Å². The summed E-state index contributed by atoms with van der Waals surface area (Å²) in [6.07, 6.45) is 5.98. The van der Waals surface area contributed by atoms with Crippen molar-refractivity contribution in [3.8, 4) is 0 Å². The predicted molar refractivity (Wildman–Crippen MR) is 60.5 cm³/mol. The van der Waals surface area contributed by atoms with Gasteiger partial charge in [-0.05, 0) is 12.8 Å². The highest BCUT2D eigenvalue weighted by molar-refractivity contribution is 5.68. The Morgan fingerprint density at radius 2 is 1.81 bits per heavy atom. The van der Waals surface area contributed by atoms with Crippen LogP contribution in [0, 0.1) is 0 Å².